The molecule has 0 radical (unpaired) electrons. The minimum atomic E-state index is -0.849. The molecule has 0 aromatic heterocycles. The number of carbonyl (C=O) groups is 2. The molecule has 1 aromatic carbocycles. The molecule has 1 saturated heterocycles. The zero-order valence-electron chi connectivity index (χ0n) is 9.87. The largest absolute Gasteiger partial charge is 0.508 e. The average molecular weight is 249 g/mol. The third kappa shape index (κ3) is 2.61. The molecule has 2 N–H and O–H groups in total. The first-order chi connectivity index (χ1) is 8.58. The van der Waals surface area contributed by atoms with Crippen molar-refractivity contribution in [2.75, 3.05) is 13.1 Å². The van der Waals surface area contributed by atoms with Gasteiger partial charge in [-0.3, -0.25) is 9.59 Å². The van der Waals surface area contributed by atoms with Crippen LogP contribution in [0, 0.1) is 5.92 Å². The first-order valence-corrected chi connectivity index (χ1v) is 5.89. The van der Waals surface area contributed by atoms with Gasteiger partial charge < -0.3 is 15.1 Å². The molecule has 0 aliphatic carbocycles. The highest BCUT2D eigenvalue weighted by molar-refractivity contribution is 5.94. The maximum absolute atomic E-state index is 12.1. The summed E-state index contributed by atoms with van der Waals surface area (Å²) in [5.74, 6) is -1.40. The lowest BCUT2D eigenvalue weighted by Crippen LogP contribution is -2.42. The lowest BCUT2D eigenvalue weighted by atomic mass is 9.97. The van der Waals surface area contributed by atoms with E-state index in [4.69, 9.17) is 10.2 Å². The number of amides is 1. The molecule has 5 nitrogen and oxygen atoms in total. The molecule has 5 heteroatoms. The summed E-state index contributed by atoms with van der Waals surface area (Å²) in [7, 11) is 0. The van der Waals surface area contributed by atoms with E-state index < -0.39 is 11.9 Å². The summed E-state index contributed by atoms with van der Waals surface area (Å²) in [6, 6.07) is 5.99. The minimum absolute atomic E-state index is 0.105. The number of nitrogens with zero attached hydrogens (tertiary/aromatic N) is 1. The minimum Gasteiger partial charge on any atom is -0.508 e. The molecule has 0 spiro atoms. The van der Waals surface area contributed by atoms with Crippen molar-refractivity contribution < 1.29 is 19.8 Å². The first kappa shape index (κ1) is 12.4. The lowest BCUT2D eigenvalue weighted by molar-refractivity contribution is -0.143. The normalized spacial score (nSPS) is 19.6. The summed E-state index contributed by atoms with van der Waals surface area (Å²) in [6.07, 6.45) is 1.33. The molecule has 1 aromatic rings. The third-order valence-electron chi connectivity index (χ3n) is 3.17. The Morgan fingerprint density at radius 3 is 2.50 bits per heavy atom. The molecule has 1 heterocycles. The van der Waals surface area contributed by atoms with E-state index >= 15 is 0 Å². The second-order valence-corrected chi connectivity index (χ2v) is 4.48. The number of phenolic OH excluding ortho intramolecular Hbond substituents is 1. The van der Waals surface area contributed by atoms with E-state index in [9.17, 15) is 9.59 Å². The van der Waals surface area contributed by atoms with Crippen molar-refractivity contribution in [3.63, 3.8) is 0 Å². The SMILES string of the molecule is O=C(O)[C@H]1CCCN(C(=O)c2ccc(O)cc2)C1. The molecule has 1 aliphatic rings. The molecule has 1 fully saturated rings. The third-order valence-corrected chi connectivity index (χ3v) is 3.17. The zero-order chi connectivity index (χ0) is 13.1. The van der Waals surface area contributed by atoms with E-state index in [1.807, 2.05) is 0 Å². The molecule has 2 rings (SSSR count). The van der Waals surface area contributed by atoms with Crippen molar-refractivity contribution >= 4 is 11.9 Å². The van der Waals surface area contributed by atoms with Crippen molar-refractivity contribution in [2.24, 2.45) is 5.92 Å². The lowest BCUT2D eigenvalue weighted by Gasteiger charge is -2.30. The van der Waals surface area contributed by atoms with Crippen LogP contribution >= 0.6 is 0 Å². The van der Waals surface area contributed by atoms with Gasteiger partial charge in [-0.1, -0.05) is 0 Å². The summed E-state index contributed by atoms with van der Waals surface area (Å²) < 4.78 is 0. The molecule has 0 bridgehead atoms. The molecule has 96 valence electrons. The van der Waals surface area contributed by atoms with E-state index in [0.29, 0.717) is 24.9 Å². The number of likely N-dealkylation sites (tertiary alicyclic amines) is 1. The second-order valence-electron chi connectivity index (χ2n) is 4.48. The Morgan fingerprint density at radius 1 is 1.22 bits per heavy atom. The van der Waals surface area contributed by atoms with Crippen molar-refractivity contribution in [1.29, 1.82) is 0 Å². The van der Waals surface area contributed by atoms with Gasteiger partial charge in [0.25, 0.3) is 5.91 Å². The summed E-state index contributed by atoms with van der Waals surface area (Å²) in [6.45, 7) is 0.846. The molecule has 1 aliphatic heterocycles. The van der Waals surface area contributed by atoms with Gasteiger partial charge in [-0.05, 0) is 37.1 Å². The summed E-state index contributed by atoms with van der Waals surface area (Å²) >= 11 is 0. The zero-order valence-corrected chi connectivity index (χ0v) is 9.87. The smallest absolute Gasteiger partial charge is 0.308 e. The van der Waals surface area contributed by atoms with Gasteiger partial charge in [-0.15, -0.1) is 0 Å². The average Bonchev–Trinajstić information content (AvgIpc) is 2.39. The highest BCUT2D eigenvalue weighted by atomic mass is 16.4. The Hall–Kier alpha value is -2.04. The molecule has 0 saturated carbocycles. The van der Waals surface area contributed by atoms with E-state index in [1.54, 1.807) is 17.0 Å². The monoisotopic (exact) mass is 249 g/mol. The van der Waals surface area contributed by atoms with E-state index in [2.05, 4.69) is 0 Å². The van der Waals surface area contributed by atoms with Gasteiger partial charge in [0, 0.05) is 18.7 Å². The van der Waals surface area contributed by atoms with Crippen LogP contribution in [0.1, 0.15) is 23.2 Å². The topological polar surface area (TPSA) is 77.8 Å². The van der Waals surface area contributed by atoms with Crippen LogP contribution in [0.5, 0.6) is 5.75 Å². The van der Waals surface area contributed by atoms with Crippen molar-refractivity contribution in [2.45, 2.75) is 12.8 Å². The van der Waals surface area contributed by atoms with E-state index in [-0.39, 0.29) is 18.2 Å². The summed E-state index contributed by atoms with van der Waals surface area (Å²) in [4.78, 5) is 24.6. The van der Waals surface area contributed by atoms with Gasteiger partial charge in [-0.2, -0.15) is 0 Å². The van der Waals surface area contributed by atoms with Gasteiger partial charge in [0.2, 0.25) is 0 Å². The number of rotatable bonds is 2. The Balaban J connectivity index is 2.09. The van der Waals surface area contributed by atoms with Gasteiger partial charge in [0.1, 0.15) is 5.75 Å². The molecule has 1 amide bonds. The number of piperidine rings is 1. The van der Waals surface area contributed by atoms with Crippen molar-refractivity contribution in [1.82, 2.24) is 4.90 Å². The summed E-state index contributed by atoms with van der Waals surface area (Å²) in [5.41, 5.74) is 0.471. The fraction of sp³-hybridized carbons (Fsp3) is 0.385. The van der Waals surface area contributed by atoms with Crippen LogP contribution in [0.15, 0.2) is 24.3 Å². The molecular weight excluding hydrogens is 234 g/mol. The van der Waals surface area contributed by atoms with Crippen LogP contribution in [0.4, 0.5) is 0 Å². The van der Waals surface area contributed by atoms with Gasteiger partial charge in [0.05, 0.1) is 5.92 Å². The quantitative estimate of drug-likeness (QED) is 0.828. The van der Waals surface area contributed by atoms with E-state index in [1.165, 1.54) is 12.1 Å². The number of phenols is 1. The number of benzene rings is 1. The number of carboxylic acids is 1. The van der Waals surface area contributed by atoms with Crippen molar-refractivity contribution in [3.8, 4) is 5.75 Å². The fourth-order valence-corrected chi connectivity index (χ4v) is 2.15. The number of hydrogen-bond donors (Lipinski definition) is 2. The van der Waals surface area contributed by atoms with E-state index in [0.717, 1.165) is 0 Å². The Labute approximate surface area is 105 Å². The van der Waals surface area contributed by atoms with Crippen LogP contribution < -0.4 is 0 Å². The maximum atomic E-state index is 12.1. The number of aromatic hydroxyl groups is 1. The second kappa shape index (κ2) is 5.08. The van der Waals surface area contributed by atoms with Crippen LogP contribution in [-0.2, 0) is 4.79 Å². The fourth-order valence-electron chi connectivity index (χ4n) is 2.15. The molecule has 1 atom stereocenters. The molecular formula is C13H15NO4. The molecule has 0 unspecified atom stereocenters. The summed E-state index contributed by atoms with van der Waals surface area (Å²) in [5, 5.41) is 18.1. The number of aliphatic carboxylic acids is 1. The number of hydrogen-bond acceptors (Lipinski definition) is 3. The standard InChI is InChI=1S/C13H15NO4/c15-11-5-3-9(4-6-11)12(16)14-7-1-2-10(8-14)13(17)18/h3-6,10,15H,1-2,7-8H2,(H,17,18)/t10-/m0/s1. The maximum Gasteiger partial charge on any atom is 0.308 e. The van der Waals surface area contributed by atoms with Gasteiger partial charge in [-0.25, -0.2) is 0 Å². The Morgan fingerprint density at radius 2 is 1.89 bits per heavy atom. The van der Waals surface area contributed by atoms with Gasteiger partial charge in [0.15, 0.2) is 0 Å². The molecule has 18 heavy (non-hydrogen) atoms. The highest BCUT2D eigenvalue weighted by Crippen LogP contribution is 2.19. The predicted octanol–water partition coefficient (Wildman–Crippen LogP) is 1.33. The number of carboxylic acid groups (broad SMARTS) is 1. The Bertz CT molecular complexity index is 455. The van der Waals surface area contributed by atoms with Crippen LogP contribution in [-0.4, -0.2) is 40.1 Å². The van der Waals surface area contributed by atoms with Crippen molar-refractivity contribution in [3.05, 3.63) is 29.8 Å². The highest BCUT2D eigenvalue weighted by Gasteiger charge is 2.28. The predicted molar refractivity (Wildman–Crippen MR) is 64.4 cm³/mol. The van der Waals surface area contributed by atoms with Gasteiger partial charge >= 0.3 is 5.97 Å². The Kier molecular flexibility index (Phi) is 3.50. The van der Waals surface area contributed by atoms with Crippen LogP contribution in [0.3, 0.4) is 0 Å². The number of carbonyl (C=O) groups excluding carboxylic acids is 1. The first-order valence-electron chi connectivity index (χ1n) is 5.89. The van der Waals surface area contributed by atoms with Crippen LogP contribution in [0.2, 0.25) is 0 Å². The van der Waals surface area contributed by atoms with Crippen LogP contribution in [0.25, 0.3) is 0 Å².